The molecule has 0 radical (unpaired) electrons. The van der Waals surface area contributed by atoms with Crippen LogP contribution in [0.15, 0.2) is 27.0 Å². The van der Waals surface area contributed by atoms with Gasteiger partial charge >= 0.3 is 17.1 Å². The van der Waals surface area contributed by atoms with Gasteiger partial charge in [-0.1, -0.05) is 6.08 Å². The fraction of sp³-hybridized carbons (Fsp3) is 0.722. The SMILES string of the molecule is C=CCn1c(=O)n(CCOC2CCCO2)c(=O)n(CCOC2CCCO2)c1=O. The van der Waals surface area contributed by atoms with Gasteiger partial charge in [-0.05, 0) is 12.8 Å². The third kappa shape index (κ3) is 4.88. The molecule has 2 aliphatic heterocycles. The molecule has 0 amide bonds. The van der Waals surface area contributed by atoms with E-state index < -0.39 is 17.1 Å². The largest absolute Gasteiger partial charge is 0.353 e. The quantitative estimate of drug-likeness (QED) is 0.498. The molecule has 3 rings (SSSR count). The van der Waals surface area contributed by atoms with Crippen molar-refractivity contribution < 1.29 is 18.9 Å². The Kier molecular flexibility index (Phi) is 7.37. The maximum absolute atomic E-state index is 12.7. The van der Waals surface area contributed by atoms with Gasteiger partial charge < -0.3 is 18.9 Å². The summed E-state index contributed by atoms with van der Waals surface area (Å²) in [5.41, 5.74) is -2.04. The summed E-state index contributed by atoms with van der Waals surface area (Å²) in [7, 11) is 0. The minimum absolute atomic E-state index is 0.0110. The molecule has 1 aromatic rings. The first-order chi connectivity index (χ1) is 13.6. The summed E-state index contributed by atoms with van der Waals surface area (Å²) in [6.45, 7) is 5.21. The predicted molar refractivity (Wildman–Crippen MR) is 99.3 cm³/mol. The Morgan fingerprint density at radius 2 is 1.32 bits per heavy atom. The lowest BCUT2D eigenvalue weighted by atomic mass is 10.4. The van der Waals surface area contributed by atoms with Gasteiger partial charge in [0.15, 0.2) is 12.6 Å². The van der Waals surface area contributed by atoms with Crippen molar-refractivity contribution in [2.24, 2.45) is 0 Å². The van der Waals surface area contributed by atoms with Crippen LogP contribution < -0.4 is 17.1 Å². The van der Waals surface area contributed by atoms with Crippen LogP contribution in [-0.4, -0.2) is 52.7 Å². The molecule has 156 valence electrons. The zero-order valence-corrected chi connectivity index (χ0v) is 15.9. The van der Waals surface area contributed by atoms with Crippen LogP contribution in [0.25, 0.3) is 0 Å². The summed E-state index contributed by atoms with van der Waals surface area (Å²) in [6, 6.07) is 0. The molecule has 0 aliphatic carbocycles. The van der Waals surface area contributed by atoms with Gasteiger partial charge in [-0.3, -0.25) is 0 Å². The second-order valence-electron chi connectivity index (χ2n) is 6.68. The third-order valence-corrected chi connectivity index (χ3v) is 4.71. The molecule has 10 heteroatoms. The van der Waals surface area contributed by atoms with E-state index in [0.29, 0.717) is 13.2 Å². The lowest BCUT2D eigenvalue weighted by Gasteiger charge is -2.15. The van der Waals surface area contributed by atoms with Crippen LogP contribution in [0.5, 0.6) is 0 Å². The molecule has 2 fully saturated rings. The van der Waals surface area contributed by atoms with E-state index in [4.69, 9.17) is 18.9 Å². The van der Waals surface area contributed by atoms with Gasteiger partial charge in [0.25, 0.3) is 0 Å². The second kappa shape index (κ2) is 9.97. The van der Waals surface area contributed by atoms with Crippen molar-refractivity contribution in [2.75, 3.05) is 26.4 Å². The van der Waals surface area contributed by atoms with Crippen LogP contribution >= 0.6 is 0 Å². The highest BCUT2D eigenvalue weighted by Crippen LogP contribution is 2.13. The highest BCUT2D eigenvalue weighted by molar-refractivity contribution is 4.82. The maximum atomic E-state index is 12.7. The average molecular weight is 397 g/mol. The molecule has 10 nitrogen and oxygen atoms in total. The summed E-state index contributed by atoms with van der Waals surface area (Å²) >= 11 is 0. The molecule has 2 saturated heterocycles. The number of ether oxygens (including phenoxy) is 4. The highest BCUT2D eigenvalue weighted by Gasteiger charge is 2.19. The summed E-state index contributed by atoms with van der Waals surface area (Å²) in [6.07, 6.45) is 4.24. The van der Waals surface area contributed by atoms with Gasteiger partial charge in [-0.25, -0.2) is 28.1 Å². The topological polar surface area (TPSA) is 103 Å². The first-order valence-electron chi connectivity index (χ1n) is 9.63. The van der Waals surface area contributed by atoms with E-state index in [1.165, 1.54) is 6.08 Å². The minimum atomic E-state index is -0.679. The molecule has 3 heterocycles. The predicted octanol–water partition coefficient (Wildman–Crippen LogP) is -0.336. The van der Waals surface area contributed by atoms with Crippen LogP contribution in [-0.2, 0) is 38.6 Å². The van der Waals surface area contributed by atoms with Gasteiger partial charge in [-0.2, -0.15) is 0 Å². The summed E-state index contributed by atoms with van der Waals surface area (Å²) in [4.78, 5) is 37.9. The van der Waals surface area contributed by atoms with Gasteiger partial charge in [0.1, 0.15) is 0 Å². The summed E-state index contributed by atoms with van der Waals surface area (Å²) in [5.74, 6) is 0. The third-order valence-electron chi connectivity index (χ3n) is 4.71. The van der Waals surface area contributed by atoms with Gasteiger partial charge in [-0.15, -0.1) is 6.58 Å². The molecular weight excluding hydrogens is 370 g/mol. The minimum Gasteiger partial charge on any atom is -0.353 e. The van der Waals surface area contributed by atoms with Crippen LogP contribution in [0.4, 0.5) is 0 Å². The summed E-state index contributed by atoms with van der Waals surface area (Å²) < 4.78 is 24.8. The number of nitrogens with zero attached hydrogens (tertiary/aromatic N) is 3. The molecule has 0 aromatic carbocycles. The van der Waals surface area contributed by atoms with Crippen molar-refractivity contribution in [1.29, 1.82) is 0 Å². The van der Waals surface area contributed by atoms with Gasteiger partial charge in [0.05, 0.1) is 32.8 Å². The number of rotatable bonds is 10. The number of allylic oxidation sites excluding steroid dienone is 1. The van der Waals surface area contributed by atoms with Crippen molar-refractivity contribution >= 4 is 0 Å². The Morgan fingerprint density at radius 3 is 1.71 bits per heavy atom. The molecule has 0 bridgehead atoms. The fourth-order valence-corrected chi connectivity index (χ4v) is 3.26. The van der Waals surface area contributed by atoms with Crippen LogP contribution in [0.1, 0.15) is 25.7 Å². The molecule has 0 N–H and O–H groups in total. The van der Waals surface area contributed by atoms with Crippen molar-refractivity contribution in [3.8, 4) is 0 Å². The van der Waals surface area contributed by atoms with Crippen LogP contribution in [0.3, 0.4) is 0 Å². The molecule has 2 aliphatic rings. The Morgan fingerprint density at radius 1 is 0.857 bits per heavy atom. The van der Waals surface area contributed by atoms with Gasteiger partial charge in [0.2, 0.25) is 0 Å². The van der Waals surface area contributed by atoms with Crippen molar-refractivity contribution in [2.45, 2.75) is 57.9 Å². The van der Waals surface area contributed by atoms with E-state index in [0.717, 1.165) is 39.4 Å². The normalized spacial score (nSPS) is 22.0. The zero-order valence-electron chi connectivity index (χ0n) is 15.9. The molecular formula is C18H27N3O7. The Bertz CT molecular complexity index is 769. The molecule has 2 atom stereocenters. The van der Waals surface area contributed by atoms with Gasteiger partial charge in [0, 0.05) is 26.1 Å². The standard InChI is InChI=1S/C18H27N3O7/c1-2-7-19-16(22)20(8-12-27-14-5-3-10-25-14)18(24)21(17(19)23)9-13-28-15-6-4-11-26-15/h2,14-15H,1,3-13H2. The van der Waals surface area contributed by atoms with Crippen LogP contribution in [0, 0.1) is 0 Å². The maximum Gasteiger partial charge on any atom is 0.336 e. The fourth-order valence-electron chi connectivity index (χ4n) is 3.26. The highest BCUT2D eigenvalue weighted by atomic mass is 16.7. The Labute approximate surface area is 161 Å². The van der Waals surface area contributed by atoms with E-state index >= 15 is 0 Å². The average Bonchev–Trinajstić information content (AvgIpc) is 3.38. The molecule has 28 heavy (non-hydrogen) atoms. The first kappa shape index (κ1) is 20.7. The van der Waals surface area contributed by atoms with E-state index in [9.17, 15) is 14.4 Å². The first-order valence-corrected chi connectivity index (χ1v) is 9.63. The number of aromatic nitrogens is 3. The van der Waals surface area contributed by atoms with Crippen molar-refractivity contribution in [1.82, 2.24) is 13.7 Å². The van der Waals surface area contributed by atoms with E-state index in [1.54, 1.807) is 0 Å². The lowest BCUT2D eigenvalue weighted by Crippen LogP contribution is -2.55. The Hall–Kier alpha value is -2.01. The monoisotopic (exact) mass is 397 g/mol. The van der Waals surface area contributed by atoms with E-state index in [-0.39, 0.29) is 45.4 Å². The molecule has 0 spiro atoms. The van der Waals surface area contributed by atoms with Crippen molar-refractivity contribution in [3.63, 3.8) is 0 Å². The Balaban J connectivity index is 1.75. The number of hydrogen-bond donors (Lipinski definition) is 0. The number of hydrogen-bond acceptors (Lipinski definition) is 7. The molecule has 1 aromatic heterocycles. The van der Waals surface area contributed by atoms with E-state index in [1.807, 2.05) is 0 Å². The molecule has 0 saturated carbocycles. The summed E-state index contributed by atoms with van der Waals surface area (Å²) in [5, 5.41) is 0. The van der Waals surface area contributed by atoms with Crippen molar-refractivity contribution in [3.05, 3.63) is 44.1 Å². The second-order valence-corrected chi connectivity index (χ2v) is 6.68. The van der Waals surface area contributed by atoms with E-state index in [2.05, 4.69) is 6.58 Å². The zero-order chi connectivity index (χ0) is 19.9. The van der Waals surface area contributed by atoms with Crippen LogP contribution in [0.2, 0.25) is 0 Å². The lowest BCUT2D eigenvalue weighted by molar-refractivity contribution is -0.113. The smallest absolute Gasteiger partial charge is 0.336 e. The molecule has 2 unspecified atom stereocenters.